The van der Waals surface area contributed by atoms with Gasteiger partial charge >= 0.3 is 7.82 Å². The Hall–Kier alpha value is -2.74. The number of alkyl halides is 2. The summed E-state index contributed by atoms with van der Waals surface area (Å²) in [5, 5.41) is 21.1. The van der Waals surface area contributed by atoms with Crippen molar-refractivity contribution in [3.63, 3.8) is 0 Å². The van der Waals surface area contributed by atoms with Gasteiger partial charge in [-0.3, -0.25) is 13.6 Å². The molecule has 1 saturated heterocycles. The number of phosphoric acid groups is 1. The van der Waals surface area contributed by atoms with E-state index in [0.29, 0.717) is 5.56 Å². The highest BCUT2D eigenvalue weighted by molar-refractivity contribution is 7.49. The first-order chi connectivity index (χ1) is 15.7. The van der Waals surface area contributed by atoms with E-state index in [1.54, 1.807) is 18.2 Å². The number of nitrogens with two attached hydrogens (primary N) is 1. The lowest BCUT2D eigenvalue weighted by Gasteiger charge is -2.32. The fourth-order valence-corrected chi connectivity index (χ4v) is 4.99. The van der Waals surface area contributed by atoms with Crippen LogP contribution in [0.5, 0.6) is 5.75 Å². The van der Waals surface area contributed by atoms with E-state index in [9.17, 15) is 23.6 Å². The van der Waals surface area contributed by atoms with Crippen LogP contribution in [0.3, 0.4) is 0 Å². The molecule has 5 atom stereocenters. The maximum Gasteiger partial charge on any atom is 0.530 e. The summed E-state index contributed by atoms with van der Waals surface area (Å²) in [5.74, 6) is 0.171. The Morgan fingerprint density at radius 2 is 2.09 bits per heavy atom. The minimum atomic E-state index is -4.32. The van der Waals surface area contributed by atoms with Crippen molar-refractivity contribution in [2.45, 2.75) is 37.1 Å². The summed E-state index contributed by atoms with van der Waals surface area (Å²) in [6.45, 7) is -1.25. The second-order valence-electron chi connectivity index (χ2n) is 7.48. The average molecular weight is 485 g/mol. The fraction of sp³-hybridized carbons (Fsp3) is 0.389. The van der Waals surface area contributed by atoms with Crippen LogP contribution in [0.25, 0.3) is 11.2 Å². The number of nitrogens with zero attached hydrogens (tertiary/aromatic N) is 4. The molecule has 0 saturated carbocycles. The number of hydrogen-bond donors (Lipinski definition) is 3. The third kappa shape index (κ3) is 3.55. The molecule has 0 radical (unpaired) electrons. The lowest BCUT2D eigenvalue weighted by Crippen LogP contribution is -2.52. The fourth-order valence-electron chi connectivity index (χ4n) is 3.74. The lowest BCUT2D eigenvalue weighted by molar-refractivity contribution is -0.193. The van der Waals surface area contributed by atoms with Gasteiger partial charge in [0.2, 0.25) is 0 Å². The zero-order valence-corrected chi connectivity index (χ0v) is 17.6. The quantitative estimate of drug-likeness (QED) is 0.448. The molecule has 15 heteroatoms. The number of aliphatic hydroxyl groups is 2. The monoisotopic (exact) mass is 485 g/mol. The minimum Gasteiger partial charge on any atom is -0.404 e. The van der Waals surface area contributed by atoms with E-state index in [4.69, 9.17) is 24.0 Å². The first-order valence-corrected chi connectivity index (χ1v) is 11.1. The van der Waals surface area contributed by atoms with Gasteiger partial charge < -0.3 is 25.2 Å². The van der Waals surface area contributed by atoms with Gasteiger partial charge in [0.15, 0.2) is 23.3 Å². The molecule has 0 bridgehead atoms. The Morgan fingerprint density at radius 3 is 2.88 bits per heavy atom. The summed E-state index contributed by atoms with van der Waals surface area (Å²) in [6, 6.07) is 6.55. The molecule has 1 aromatic carbocycles. The molecular weight excluding hydrogens is 467 g/mol. The molecule has 33 heavy (non-hydrogen) atoms. The first-order valence-electron chi connectivity index (χ1n) is 9.66. The lowest BCUT2D eigenvalue weighted by atomic mass is 9.96. The van der Waals surface area contributed by atoms with Crippen molar-refractivity contribution < 1.29 is 41.9 Å². The Kier molecular flexibility index (Phi) is 5.31. The number of nitrogen functional groups attached to an aromatic ring is 1. The summed E-state index contributed by atoms with van der Waals surface area (Å²) in [6.07, 6.45) is -6.59. The van der Waals surface area contributed by atoms with E-state index in [1.807, 2.05) is 0 Å². The van der Waals surface area contributed by atoms with Gasteiger partial charge in [-0.05, 0) is 6.07 Å². The number of halogens is 2. The van der Waals surface area contributed by atoms with Crippen molar-refractivity contribution in [1.82, 2.24) is 19.5 Å². The molecule has 5 rings (SSSR count). The van der Waals surface area contributed by atoms with Crippen molar-refractivity contribution >= 4 is 24.8 Å². The minimum absolute atomic E-state index is 0.0410. The summed E-state index contributed by atoms with van der Waals surface area (Å²) in [7, 11) is -4.32. The molecule has 4 heterocycles. The van der Waals surface area contributed by atoms with Crippen molar-refractivity contribution in [3.05, 3.63) is 42.5 Å². The van der Waals surface area contributed by atoms with E-state index in [0.717, 1.165) is 17.2 Å². The van der Waals surface area contributed by atoms with Gasteiger partial charge in [-0.25, -0.2) is 28.3 Å². The predicted molar refractivity (Wildman–Crippen MR) is 106 cm³/mol. The van der Waals surface area contributed by atoms with Crippen LogP contribution in [0, 0.1) is 0 Å². The number of imidazole rings is 1. The van der Waals surface area contributed by atoms with Crippen molar-refractivity contribution in [2.24, 2.45) is 0 Å². The number of benzene rings is 1. The molecule has 3 aromatic rings. The van der Waals surface area contributed by atoms with E-state index in [2.05, 4.69) is 15.0 Å². The molecule has 176 valence electrons. The van der Waals surface area contributed by atoms with Crippen LogP contribution in [0.2, 0.25) is 0 Å². The molecule has 1 fully saturated rings. The zero-order valence-electron chi connectivity index (χ0n) is 16.7. The Bertz CT molecular complexity index is 1250. The number of aromatic nitrogens is 4. The van der Waals surface area contributed by atoms with Gasteiger partial charge in [0, 0.05) is 5.56 Å². The molecule has 1 unspecified atom stereocenters. The van der Waals surface area contributed by atoms with Crippen LogP contribution in [-0.4, -0.2) is 60.6 Å². The molecule has 12 nitrogen and oxygen atoms in total. The van der Waals surface area contributed by atoms with Crippen molar-refractivity contribution in [3.8, 4) is 5.75 Å². The third-order valence-electron chi connectivity index (χ3n) is 5.50. The standard InChI is InChI=1S/C18H18F2N5O7P/c19-17(20)18(6-30-33(28)29-5-9-3-1-2-4-10(9)32-33)13(27)12(26)16(31-18)25-8-24-15-11(25)14(21)22-7-23-15/h1-4,7-8,12-13,16-17,26-27H,5-6H2,(H2,21,22,23)/t12-,13+,16-,18-,33?/m1/s1. The second kappa shape index (κ2) is 7.94. The highest BCUT2D eigenvalue weighted by atomic mass is 31.2. The van der Waals surface area contributed by atoms with Gasteiger partial charge in [0.25, 0.3) is 6.43 Å². The highest BCUT2D eigenvalue weighted by Crippen LogP contribution is 2.56. The number of anilines is 1. The van der Waals surface area contributed by atoms with E-state index < -0.39 is 44.9 Å². The number of rotatable bonds is 5. The summed E-state index contributed by atoms with van der Waals surface area (Å²) in [4.78, 5) is 11.7. The van der Waals surface area contributed by atoms with E-state index in [-0.39, 0.29) is 29.3 Å². The highest BCUT2D eigenvalue weighted by Gasteiger charge is 2.62. The predicted octanol–water partition coefficient (Wildman–Crippen LogP) is 1.40. The molecule has 2 aliphatic rings. The number of ether oxygens (including phenoxy) is 1. The maximum absolute atomic E-state index is 14.2. The molecular formula is C18H18F2N5O7P. The smallest absolute Gasteiger partial charge is 0.404 e. The summed E-state index contributed by atoms with van der Waals surface area (Å²) in [5.41, 5.74) is 3.90. The van der Waals surface area contributed by atoms with Gasteiger partial charge in [-0.1, -0.05) is 18.2 Å². The number of hydrogen-bond acceptors (Lipinski definition) is 11. The van der Waals surface area contributed by atoms with Crippen LogP contribution in [0.15, 0.2) is 36.9 Å². The van der Waals surface area contributed by atoms with Crippen LogP contribution < -0.4 is 10.3 Å². The normalized spacial score (nSPS) is 31.6. The molecule has 0 aliphatic carbocycles. The Balaban J connectivity index is 1.42. The largest absolute Gasteiger partial charge is 0.530 e. The van der Waals surface area contributed by atoms with Crippen LogP contribution >= 0.6 is 7.82 Å². The Morgan fingerprint density at radius 1 is 1.30 bits per heavy atom. The van der Waals surface area contributed by atoms with Gasteiger partial charge in [0.05, 0.1) is 13.2 Å². The molecule has 4 N–H and O–H groups in total. The second-order valence-corrected chi connectivity index (χ2v) is 9.07. The summed E-state index contributed by atoms with van der Waals surface area (Å²) >= 11 is 0. The van der Waals surface area contributed by atoms with E-state index in [1.165, 1.54) is 6.07 Å². The van der Waals surface area contributed by atoms with Crippen LogP contribution in [-0.2, 0) is 25.0 Å². The summed E-state index contributed by atoms with van der Waals surface area (Å²) < 4.78 is 63.4. The van der Waals surface area contributed by atoms with E-state index >= 15 is 0 Å². The third-order valence-corrected chi connectivity index (χ3v) is 6.81. The average Bonchev–Trinajstić information content (AvgIpc) is 3.33. The molecule has 2 aliphatic heterocycles. The van der Waals surface area contributed by atoms with Crippen LogP contribution in [0.1, 0.15) is 11.8 Å². The number of para-hydroxylation sites is 1. The van der Waals surface area contributed by atoms with Crippen molar-refractivity contribution in [2.75, 3.05) is 12.3 Å². The number of aliphatic hydroxyl groups excluding tert-OH is 2. The molecule has 0 spiro atoms. The number of phosphoric ester groups is 1. The number of fused-ring (bicyclic) bond motifs is 2. The van der Waals surface area contributed by atoms with Gasteiger partial charge in [-0.2, -0.15) is 0 Å². The Labute approximate surface area is 184 Å². The first kappa shape index (κ1) is 22.1. The topological polar surface area (TPSA) is 164 Å². The molecule has 2 aromatic heterocycles. The SMILES string of the molecule is Nc1ncnc2ncn([C@@H]3O[C@@](COP4(=O)OCc5ccccc5O4)(C(F)F)[C@@H](O)[C@H]3O)c12. The molecule has 0 amide bonds. The zero-order chi connectivity index (χ0) is 23.4. The van der Waals surface area contributed by atoms with Gasteiger partial charge in [-0.15, -0.1) is 0 Å². The maximum atomic E-state index is 14.2. The van der Waals surface area contributed by atoms with Crippen LogP contribution in [0.4, 0.5) is 14.6 Å². The van der Waals surface area contributed by atoms with Crippen molar-refractivity contribution in [1.29, 1.82) is 0 Å². The van der Waals surface area contributed by atoms with Gasteiger partial charge in [0.1, 0.15) is 36.1 Å².